The Morgan fingerprint density at radius 1 is 1.43 bits per heavy atom. The Labute approximate surface area is 137 Å². The van der Waals surface area contributed by atoms with E-state index in [1.165, 1.54) is 21.5 Å². The molecule has 2 aromatic heterocycles. The molecule has 0 aliphatic heterocycles. The molecule has 118 valence electrons. The van der Waals surface area contributed by atoms with Crippen LogP contribution in [0, 0.1) is 16.1 Å². The maximum absolute atomic E-state index is 12.4. The van der Waals surface area contributed by atoms with Crippen LogP contribution in [0.1, 0.15) is 25.1 Å². The van der Waals surface area contributed by atoms with Crippen LogP contribution in [0.2, 0.25) is 0 Å². The quantitative estimate of drug-likeness (QED) is 0.685. The Balaban J connectivity index is 2.65. The van der Waals surface area contributed by atoms with E-state index in [9.17, 15) is 9.90 Å². The molecule has 8 heteroatoms. The van der Waals surface area contributed by atoms with Crippen LogP contribution in [0.3, 0.4) is 0 Å². The second-order valence-electron chi connectivity index (χ2n) is 4.55. The Hall–Kier alpha value is -2.79. The first kappa shape index (κ1) is 16.6. The maximum Gasteiger partial charge on any atom is 0.267 e. The van der Waals surface area contributed by atoms with Crippen molar-refractivity contribution in [3.63, 3.8) is 0 Å². The van der Waals surface area contributed by atoms with Crippen molar-refractivity contribution in [2.75, 3.05) is 0 Å². The lowest BCUT2D eigenvalue weighted by Gasteiger charge is -2.13. The van der Waals surface area contributed by atoms with Crippen LogP contribution in [0.4, 0.5) is 5.69 Å². The molecule has 0 unspecified atom stereocenters. The van der Waals surface area contributed by atoms with Crippen molar-refractivity contribution < 1.29 is 5.11 Å². The predicted octanol–water partition coefficient (Wildman–Crippen LogP) is 2.14. The third kappa shape index (κ3) is 3.05. The van der Waals surface area contributed by atoms with Crippen LogP contribution >= 0.6 is 12.2 Å². The molecule has 0 bridgehead atoms. The fraction of sp³-hybridized carbons (Fsp3) is 0.267. The summed E-state index contributed by atoms with van der Waals surface area (Å²) in [7, 11) is 0. The molecule has 0 amide bonds. The third-order valence-corrected chi connectivity index (χ3v) is 3.73. The Morgan fingerprint density at radius 2 is 2.13 bits per heavy atom. The molecular formula is C15H15N5O2S. The van der Waals surface area contributed by atoms with Gasteiger partial charge < -0.3 is 5.11 Å². The summed E-state index contributed by atoms with van der Waals surface area (Å²) in [6.07, 6.45) is 2.72. The van der Waals surface area contributed by atoms with Gasteiger partial charge in [0.1, 0.15) is 11.6 Å². The molecule has 0 fully saturated rings. The Bertz CT molecular complexity index is 921. The highest BCUT2D eigenvalue weighted by molar-refractivity contribution is 7.71. The van der Waals surface area contributed by atoms with Crippen LogP contribution in [-0.4, -0.2) is 25.4 Å². The van der Waals surface area contributed by atoms with E-state index in [4.69, 9.17) is 17.5 Å². The molecule has 0 radical (unpaired) electrons. The summed E-state index contributed by atoms with van der Waals surface area (Å²) in [6, 6.07) is 5.16. The zero-order valence-corrected chi connectivity index (χ0v) is 13.5. The van der Waals surface area contributed by atoms with E-state index >= 15 is 0 Å². The molecule has 0 spiro atoms. The van der Waals surface area contributed by atoms with E-state index in [-0.39, 0.29) is 21.9 Å². The summed E-state index contributed by atoms with van der Waals surface area (Å²) >= 11 is 5.21. The fourth-order valence-corrected chi connectivity index (χ4v) is 2.54. The second-order valence-corrected chi connectivity index (χ2v) is 4.92. The smallest absolute Gasteiger partial charge is 0.267 e. The minimum Gasteiger partial charge on any atom is -0.494 e. The predicted molar refractivity (Wildman–Crippen MR) is 88.7 cm³/mol. The van der Waals surface area contributed by atoms with Crippen molar-refractivity contribution in [1.82, 2.24) is 14.1 Å². The number of nitriles is 1. The molecule has 0 aliphatic carbocycles. The highest BCUT2D eigenvalue weighted by atomic mass is 32.1. The number of aromatic nitrogens is 3. The van der Waals surface area contributed by atoms with Crippen molar-refractivity contribution in [2.45, 2.75) is 26.9 Å². The van der Waals surface area contributed by atoms with Gasteiger partial charge in [-0.1, -0.05) is 0 Å². The minimum absolute atomic E-state index is 0.0232. The van der Waals surface area contributed by atoms with Gasteiger partial charge in [-0.25, -0.2) is 4.98 Å². The molecule has 2 aromatic rings. The van der Waals surface area contributed by atoms with Crippen LogP contribution < -0.4 is 5.56 Å². The minimum atomic E-state index is -0.425. The van der Waals surface area contributed by atoms with Crippen LogP contribution in [0.25, 0.3) is 0 Å². The number of hydrogen-bond acceptors (Lipinski definition) is 6. The summed E-state index contributed by atoms with van der Waals surface area (Å²) in [4.78, 5) is 20.4. The first-order valence-electron chi connectivity index (χ1n) is 7.00. The van der Waals surface area contributed by atoms with E-state index in [0.717, 1.165) is 0 Å². The molecule has 1 N–H and O–H groups in total. The maximum atomic E-state index is 12.4. The number of rotatable bonds is 4. The molecule has 2 heterocycles. The zero-order chi connectivity index (χ0) is 17.0. The average molecular weight is 329 g/mol. The second kappa shape index (κ2) is 6.98. The van der Waals surface area contributed by atoms with Gasteiger partial charge in [0, 0.05) is 25.5 Å². The number of hydrogen-bond donors (Lipinski definition) is 1. The lowest BCUT2D eigenvalue weighted by molar-refractivity contribution is 0.399. The largest absolute Gasteiger partial charge is 0.494 e. The molecule has 0 saturated heterocycles. The molecular weight excluding hydrogens is 314 g/mol. The van der Waals surface area contributed by atoms with Gasteiger partial charge in [-0.15, -0.1) is 0 Å². The summed E-state index contributed by atoms with van der Waals surface area (Å²) < 4.78 is 3.10. The van der Waals surface area contributed by atoms with Gasteiger partial charge in [0.2, 0.25) is 5.88 Å². The van der Waals surface area contributed by atoms with E-state index < -0.39 is 5.56 Å². The topological polar surface area (TPSA) is 96.2 Å². The Morgan fingerprint density at radius 3 is 2.74 bits per heavy atom. The first-order chi connectivity index (χ1) is 11.0. The van der Waals surface area contributed by atoms with Gasteiger partial charge in [0.25, 0.3) is 5.56 Å². The molecule has 0 aromatic carbocycles. The third-order valence-electron chi connectivity index (χ3n) is 3.29. The van der Waals surface area contributed by atoms with E-state index in [1.54, 1.807) is 19.1 Å². The monoisotopic (exact) mass is 329 g/mol. The lowest BCUT2D eigenvalue weighted by Crippen LogP contribution is -2.27. The molecule has 0 saturated carbocycles. The number of aromatic hydroxyl groups is 1. The Kier molecular flexibility index (Phi) is 5.03. The van der Waals surface area contributed by atoms with Gasteiger partial charge in [-0.3, -0.25) is 18.9 Å². The summed E-state index contributed by atoms with van der Waals surface area (Å²) in [6.45, 7) is 4.41. The lowest BCUT2D eigenvalue weighted by atomic mass is 10.3. The highest BCUT2D eigenvalue weighted by Gasteiger charge is 2.14. The SMILES string of the molecule is CCn1c(O)c(C=Nc2cccnc2C#N)c(=O)n(CC)c1=S. The van der Waals surface area contributed by atoms with Crippen LogP contribution in [0.5, 0.6) is 5.88 Å². The normalized spacial score (nSPS) is 10.8. The van der Waals surface area contributed by atoms with E-state index in [2.05, 4.69) is 9.98 Å². The van der Waals surface area contributed by atoms with Gasteiger partial charge >= 0.3 is 0 Å². The van der Waals surface area contributed by atoms with Crippen molar-refractivity contribution >= 4 is 24.1 Å². The van der Waals surface area contributed by atoms with E-state index in [1.807, 2.05) is 13.0 Å². The number of pyridine rings is 1. The van der Waals surface area contributed by atoms with Crippen molar-refractivity contribution in [3.05, 3.63) is 44.7 Å². The van der Waals surface area contributed by atoms with Gasteiger partial charge in [-0.2, -0.15) is 5.26 Å². The van der Waals surface area contributed by atoms with Gasteiger partial charge in [0.05, 0.1) is 5.69 Å². The number of aliphatic imine (C=N–C) groups is 1. The molecule has 2 rings (SSSR count). The van der Waals surface area contributed by atoms with Gasteiger partial charge in [-0.05, 0) is 38.2 Å². The van der Waals surface area contributed by atoms with E-state index in [0.29, 0.717) is 18.8 Å². The average Bonchev–Trinajstić information content (AvgIpc) is 2.56. The fourth-order valence-electron chi connectivity index (χ4n) is 2.11. The van der Waals surface area contributed by atoms with Crippen LogP contribution in [0.15, 0.2) is 28.1 Å². The van der Waals surface area contributed by atoms with Crippen LogP contribution in [-0.2, 0) is 13.1 Å². The van der Waals surface area contributed by atoms with Crippen molar-refractivity contribution in [2.24, 2.45) is 4.99 Å². The van der Waals surface area contributed by atoms with Crippen molar-refractivity contribution in [1.29, 1.82) is 5.26 Å². The summed E-state index contributed by atoms with van der Waals surface area (Å²) in [5, 5.41) is 19.3. The van der Waals surface area contributed by atoms with Crippen molar-refractivity contribution in [3.8, 4) is 11.9 Å². The highest BCUT2D eigenvalue weighted by Crippen LogP contribution is 2.17. The molecule has 23 heavy (non-hydrogen) atoms. The first-order valence-corrected chi connectivity index (χ1v) is 7.41. The number of nitrogens with zero attached hydrogens (tertiary/aromatic N) is 5. The summed E-state index contributed by atoms with van der Waals surface area (Å²) in [5.74, 6) is -0.238. The standard InChI is InChI=1S/C15H15N5O2S/c1-3-19-13(21)10(14(22)20(4-2)15(19)23)9-18-11-6-5-7-17-12(11)8-16/h5-7,9,21H,3-4H2,1-2H3. The summed E-state index contributed by atoms with van der Waals surface area (Å²) in [5.41, 5.74) is 0.0607. The molecule has 7 nitrogen and oxygen atoms in total. The van der Waals surface area contributed by atoms with Gasteiger partial charge in [0.15, 0.2) is 10.5 Å². The molecule has 0 aliphatic rings. The molecule has 0 atom stereocenters. The zero-order valence-electron chi connectivity index (χ0n) is 12.7.